The van der Waals surface area contributed by atoms with Gasteiger partial charge in [-0.1, -0.05) is 23.3 Å². The van der Waals surface area contributed by atoms with Crippen LogP contribution in [0.4, 0.5) is 0 Å². The Kier molecular flexibility index (Phi) is 5.33. The van der Waals surface area contributed by atoms with Gasteiger partial charge in [-0.3, -0.25) is 9.59 Å². The number of carbonyl (C=O) groups excluding carboxylic acids is 2. The third-order valence-corrected chi connectivity index (χ3v) is 5.01. The van der Waals surface area contributed by atoms with E-state index in [0.717, 1.165) is 28.1 Å². The van der Waals surface area contributed by atoms with Gasteiger partial charge in [0.05, 0.1) is 5.69 Å². The largest absolute Gasteiger partial charge is 0.348 e. The molecule has 1 aliphatic carbocycles. The SMILES string of the molecule is CC1=CC(C)=C(CNC(=O)c2cc(Cl)cc(-n3nccc3C)c2C)C(=O)C1. The molecule has 0 bridgehead atoms. The number of hydrogen-bond acceptors (Lipinski definition) is 3. The maximum atomic E-state index is 12.8. The molecule has 0 saturated heterocycles. The lowest BCUT2D eigenvalue weighted by atomic mass is 9.92. The molecule has 0 radical (unpaired) electrons. The van der Waals surface area contributed by atoms with Gasteiger partial charge in [0.25, 0.3) is 5.91 Å². The molecule has 0 fully saturated rings. The van der Waals surface area contributed by atoms with Crippen molar-refractivity contribution in [3.05, 3.63) is 69.0 Å². The van der Waals surface area contributed by atoms with Crippen LogP contribution < -0.4 is 5.32 Å². The van der Waals surface area contributed by atoms with Crippen molar-refractivity contribution in [1.82, 2.24) is 15.1 Å². The van der Waals surface area contributed by atoms with Crippen LogP contribution in [0, 0.1) is 13.8 Å². The Morgan fingerprint density at radius 1 is 1.26 bits per heavy atom. The molecular formula is C21H22ClN3O2. The van der Waals surface area contributed by atoms with Crippen molar-refractivity contribution in [1.29, 1.82) is 0 Å². The molecule has 1 aromatic heterocycles. The number of allylic oxidation sites excluding steroid dienone is 3. The lowest BCUT2D eigenvalue weighted by Gasteiger charge is -2.17. The lowest BCUT2D eigenvalue weighted by molar-refractivity contribution is -0.115. The van der Waals surface area contributed by atoms with E-state index >= 15 is 0 Å². The van der Waals surface area contributed by atoms with E-state index in [0.29, 0.717) is 22.6 Å². The summed E-state index contributed by atoms with van der Waals surface area (Å²) >= 11 is 6.25. The molecule has 0 unspecified atom stereocenters. The highest BCUT2D eigenvalue weighted by Crippen LogP contribution is 2.25. The van der Waals surface area contributed by atoms with Crippen LogP contribution in [-0.4, -0.2) is 28.0 Å². The van der Waals surface area contributed by atoms with Crippen LogP contribution >= 0.6 is 11.6 Å². The second-order valence-corrected chi connectivity index (χ2v) is 7.35. The van der Waals surface area contributed by atoms with Crippen molar-refractivity contribution in [2.45, 2.75) is 34.1 Å². The van der Waals surface area contributed by atoms with Gasteiger partial charge in [0.2, 0.25) is 0 Å². The highest BCUT2D eigenvalue weighted by molar-refractivity contribution is 6.31. The molecule has 0 saturated carbocycles. The molecule has 0 aliphatic heterocycles. The molecule has 3 rings (SSSR count). The summed E-state index contributed by atoms with van der Waals surface area (Å²) < 4.78 is 1.75. The average Bonchev–Trinajstić information content (AvgIpc) is 3.01. The molecule has 140 valence electrons. The standard InChI is InChI=1S/C21H22ClN3O2/c1-12-7-13(2)18(20(26)8-12)11-23-21(27)17-9-16(22)10-19(15(17)4)25-14(3)5-6-24-25/h5-7,9-10H,8,11H2,1-4H3,(H,23,27). The summed E-state index contributed by atoms with van der Waals surface area (Å²) in [5.41, 5.74) is 5.55. The average molecular weight is 384 g/mol. The number of rotatable bonds is 4. The van der Waals surface area contributed by atoms with E-state index in [9.17, 15) is 9.59 Å². The Bertz CT molecular complexity index is 999. The quantitative estimate of drug-likeness (QED) is 0.864. The number of halogens is 1. The van der Waals surface area contributed by atoms with Gasteiger partial charge in [0.1, 0.15) is 0 Å². The first-order valence-corrected chi connectivity index (χ1v) is 9.15. The van der Waals surface area contributed by atoms with Crippen molar-refractivity contribution in [2.24, 2.45) is 0 Å². The predicted molar refractivity (Wildman–Crippen MR) is 106 cm³/mol. The Hall–Kier alpha value is -2.66. The number of benzene rings is 1. The number of Topliss-reactive ketones (excluding diaryl/α,β-unsaturated/α-hetero) is 1. The number of hydrogen-bond donors (Lipinski definition) is 1. The molecule has 1 amide bonds. The normalized spacial score (nSPS) is 14.4. The molecule has 6 heteroatoms. The smallest absolute Gasteiger partial charge is 0.251 e. The number of nitrogens with zero attached hydrogens (tertiary/aromatic N) is 2. The number of carbonyl (C=O) groups is 2. The Labute approximate surface area is 163 Å². The van der Waals surface area contributed by atoms with Crippen molar-refractivity contribution >= 4 is 23.3 Å². The Balaban J connectivity index is 1.88. The van der Waals surface area contributed by atoms with E-state index in [2.05, 4.69) is 10.4 Å². The molecule has 1 aromatic carbocycles. The highest BCUT2D eigenvalue weighted by Gasteiger charge is 2.20. The summed E-state index contributed by atoms with van der Waals surface area (Å²) in [6, 6.07) is 5.32. The first kappa shape index (κ1) is 19.1. The van der Waals surface area contributed by atoms with Gasteiger partial charge in [0, 0.05) is 41.0 Å². The number of nitrogens with one attached hydrogen (secondary N) is 1. The monoisotopic (exact) mass is 383 g/mol. The fraction of sp³-hybridized carbons (Fsp3) is 0.286. The molecule has 5 nitrogen and oxygen atoms in total. The second kappa shape index (κ2) is 7.53. The fourth-order valence-corrected chi connectivity index (χ4v) is 3.54. The van der Waals surface area contributed by atoms with Crippen LogP contribution in [0.3, 0.4) is 0 Å². The number of amides is 1. The van der Waals surface area contributed by atoms with Crippen LogP contribution in [0.15, 0.2) is 47.2 Å². The van der Waals surface area contributed by atoms with E-state index in [1.54, 1.807) is 23.0 Å². The van der Waals surface area contributed by atoms with Gasteiger partial charge in [-0.2, -0.15) is 5.10 Å². The zero-order valence-electron chi connectivity index (χ0n) is 15.9. The summed E-state index contributed by atoms with van der Waals surface area (Å²) in [7, 11) is 0. The molecule has 1 aliphatic rings. The number of aromatic nitrogens is 2. The van der Waals surface area contributed by atoms with E-state index in [-0.39, 0.29) is 18.2 Å². The second-order valence-electron chi connectivity index (χ2n) is 6.92. The maximum Gasteiger partial charge on any atom is 0.251 e. The van der Waals surface area contributed by atoms with Crippen LogP contribution in [0.2, 0.25) is 5.02 Å². The third kappa shape index (κ3) is 3.88. The van der Waals surface area contributed by atoms with Gasteiger partial charge in [0.15, 0.2) is 5.78 Å². The Morgan fingerprint density at radius 3 is 2.63 bits per heavy atom. The summed E-state index contributed by atoms with van der Waals surface area (Å²) in [4.78, 5) is 25.0. The summed E-state index contributed by atoms with van der Waals surface area (Å²) in [6.07, 6.45) is 4.10. The van der Waals surface area contributed by atoms with Gasteiger partial charge in [-0.25, -0.2) is 4.68 Å². The molecule has 1 heterocycles. The summed E-state index contributed by atoms with van der Waals surface area (Å²) in [5.74, 6) is -0.205. The molecular weight excluding hydrogens is 362 g/mol. The summed E-state index contributed by atoms with van der Waals surface area (Å²) in [5, 5.41) is 7.62. The van der Waals surface area contributed by atoms with Crippen LogP contribution in [-0.2, 0) is 4.79 Å². The maximum absolute atomic E-state index is 12.8. The van der Waals surface area contributed by atoms with E-state index in [1.807, 2.05) is 39.8 Å². The molecule has 1 N–H and O–H groups in total. The molecule has 27 heavy (non-hydrogen) atoms. The first-order chi connectivity index (χ1) is 12.8. The Morgan fingerprint density at radius 2 is 2.00 bits per heavy atom. The minimum Gasteiger partial charge on any atom is -0.348 e. The van der Waals surface area contributed by atoms with Gasteiger partial charge >= 0.3 is 0 Å². The van der Waals surface area contributed by atoms with Crippen molar-refractivity contribution in [3.8, 4) is 5.69 Å². The van der Waals surface area contributed by atoms with Crippen LogP contribution in [0.25, 0.3) is 5.69 Å². The van der Waals surface area contributed by atoms with E-state index in [1.165, 1.54) is 0 Å². The minimum atomic E-state index is -0.263. The predicted octanol–water partition coefficient (Wildman–Crippen LogP) is 4.11. The van der Waals surface area contributed by atoms with Gasteiger partial charge in [-0.05, 0) is 57.0 Å². The van der Waals surface area contributed by atoms with E-state index < -0.39 is 0 Å². The molecule has 0 spiro atoms. The first-order valence-electron chi connectivity index (χ1n) is 8.77. The molecule has 2 aromatic rings. The third-order valence-electron chi connectivity index (χ3n) is 4.79. The number of ketones is 1. The molecule has 0 atom stereocenters. The zero-order chi connectivity index (χ0) is 19.7. The zero-order valence-corrected chi connectivity index (χ0v) is 16.6. The van der Waals surface area contributed by atoms with Gasteiger partial charge in [-0.15, -0.1) is 0 Å². The van der Waals surface area contributed by atoms with Crippen molar-refractivity contribution < 1.29 is 9.59 Å². The van der Waals surface area contributed by atoms with E-state index in [4.69, 9.17) is 11.6 Å². The topological polar surface area (TPSA) is 64.0 Å². The van der Waals surface area contributed by atoms with Crippen LogP contribution in [0.5, 0.6) is 0 Å². The fourth-order valence-electron chi connectivity index (χ4n) is 3.33. The van der Waals surface area contributed by atoms with Crippen LogP contribution in [0.1, 0.15) is 41.9 Å². The van der Waals surface area contributed by atoms with Crippen molar-refractivity contribution in [3.63, 3.8) is 0 Å². The lowest BCUT2D eigenvalue weighted by Crippen LogP contribution is -2.30. The van der Waals surface area contributed by atoms with Gasteiger partial charge < -0.3 is 5.32 Å². The van der Waals surface area contributed by atoms with Crippen molar-refractivity contribution in [2.75, 3.05) is 6.54 Å². The highest BCUT2D eigenvalue weighted by atomic mass is 35.5. The summed E-state index contributed by atoms with van der Waals surface area (Å²) in [6.45, 7) is 7.84. The number of aryl methyl sites for hydroxylation is 1. The minimum absolute atomic E-state index is 0.0588.